The lowest BCUT2D eigenvalue weighted by Crippen LogP contribution is -1.91. The number of thiophene rings is 1. The van der Waals surface area contributed by atoms with Crippen LogP contribution in [0.3, 0.4) is 0 Å². The van der Waals surface area contributed by atoms with Crippen molar-refractivity contribution in [3.63, 3.8) is 0 Å². The third kappa shape index (κ3) is 2.75. The summed E-state index contributed by atoms with van der Waals surface area (Å²) in [6, 6.07) is 6.84. The number of furan rings is 1. The molecule has 0 bridgehead atoms. The van der Waals surface area contributed by atoms with E-state index < -0.39 is 5.97 Å². The van der Waals surface area contributed by atoms with Crippen LogP contribution in [0.1, 0.15) is 16.4 Å². The number of carboxylic acid groups (broad SMARTS) is 1. The zero-order valence-corrected chi connectivity index (χ0v) is 11.6. The van der Waals surface area contributed by atoms with Gasteiger partial charge in [0.25, 0.3) is 5.89 Å². The quantitative estimate of drug-likeness (QED) is 0.722. The maximum atomic E-state index is 10.7. The summed E-state index contributed by atoms with van der Waals surface area (Å²) in [4.78, 5) is 15.9. The van der Waals surface area contributed by atoms with Gasteiger partial charge in [0.15, 0.2) is 10.9 Å². The Morgan fingerprint density at radius 3 is 3.00 bits per heavy atom. The molecule has 6 nitrogen and oxygen atoms in total. The van der Waals surface area contributed by atoms with E-state index in [4.69, 9.17) is 14.0 Å². The molecule has 0 fully saturated rings. The van der Waals surface area contributed by atoms with Gasteiger partial charge in [0.05, 0.1) is 10.6 Å². The maximum Gasteiger partial charge on any atom is 0.371 e. The Balaban J connectivity index is 1.65. The van der Waals surface area contributed by atoms with Crippen molar-refractivity contribution in [3.8, 4) is 10.8 Å². The summed E-state index contributed by atoms with van der Waals surface area (Å²) in [5.74, 6) is 0.297. The van der Waals surface area contributed by atoms with Crippen LogP contribution in [-0.2, 0) is 5.75 Å². The van der Waals surface area contributed by atoms with Crippen molar-refractivity contribution in [1.29, 1.82) is 0 Å². The number of rotatable bonds is 5. The van der Waals surface area contributed by atoms with Gasteiger partial charge in [-0.15, -0.1) is 11.3 Å². The molecule has 20 heavy (non-hydrogen) atoms. The number of hydrogen-bond donors (Lipinski definition) is 1. The van der Waals surface area contributed by atoms with Gasteiger partial charge in [-0.1, -0.05) is 23.0 Å². The molecule has 0 saturated carbocycles. The number of carboxylic acids is 1. The summed E-state index contributed by atoms with van der Waals surface area (Å²) < 4.78 is 10.3. The highest BCUT2D eigenvalue weighted by Gasteiger charge is 2.12. The molecule has 1 N–H and O–H groups in total. The smallest absolute Gasteiger partial charge is 0.371 e. The second-order valence-electron chi connectivity index (χ2n) is 3.71. The van der Waals surface area contributed by atoms with Gasteiger partial charge in [0, 0.05) is 0 Å². The van der Waals surface area contributed by atoms with E-state index in [9.17, 15) is 4.79 Å². The standard InChI is InChI=1S/C12H8N2O4S2/c15-12(16)7-3-4-10(17-7)20-6-9-13-11(18-14-9)8-2-1-5-19-8/h1-5H,6H2,(H,15,16). The topological polar surface area (TPSA) is 89.4 Å². The lowest BCUT2D eigenvalue weighted by molar-refractivity contribution is 0.0656. The second kappa shape index (κ2) is 5.51. The fraction of sp³-hybridized carbons (Fsp3) is 0.0833. The molecule has 0 aliphatic carbocycles. The Morgan fingerprint density at radius 2 is 2.30 bits per heavy atom. The average molecular weight is 308 g/mol. The molecule has 3 aromatic heterocycles. The number of aromatic nitrogens is 2. The van der Waals surface area contributed by atoms with Crippen molar-refractivity contribution in [1.82, 2.24) is 10.1 Å². The summed E-state index contributed by atoms with van der Waals surface area (Å²) in [5, 5.41) is 15.1. The second-order valence-corrected chi connectivity index (χ2v) is 5.63. The first-order chi connectivity index (χ1) is 9.72. The number of thioether (sulfide) groups is 1. The van der Waals surface area contributed by atoms with Crippen molar-refractivity contribution in [2.24, 2.45) is 0 Å². The number of carbonyl (C=O) groups is 1. The van der Waals surface area contributed by atoms with E-state index in [-0.39, 0.29) is 5.76 Å². The zero-order chi connectivity index (χ0) is 13.9. The number of hydrogen-bond acceptors (Lipinski definition) is 7. The normalized spacial score (nSPS) is 10.8. The predicted octanol–water partition coefficient (Wildman–Crippen LogP) is 3.38. The van der Waals surface area contributed by atoms with Gasteiger partial charge >= 0.3 is 5.97 Å². The van der Waals surface area contributed by atoms with Crippen molar-refractivity contribution in [3.05, 3.63) is 41.2 Å². The summed E-state index contributed by atoms with van der Waals surface area (Å²) >= 11 is 2.83. The van der Waals surface area contributed by atoms with Gasteiger partial charge in [0.1, 0.15) is 0 Å². The third-order valence-corrected chi connectivity index (χ3v) is 4.10. The van der Waals surface area contributed by atoms with E-state index in [0.717, 1.165) is 4.88 Å². The average Bonchev–Trinajstić information content (AvgIpc) is 3.17. The van der Waals surface area contributed by atoms with Crippen LogP contribution in [0.5, 0.6) is 0 Å². The van der Waals surface area contributed by atoms with E-state index in [2.05, 4.69) is 10.1 Å². The molecule has 0 aliphatic rings. The molecule has 0 spiro atoms. The van der Waals surface area contributed by atoms with E-state index in [0.29, 0.717) is 22.6 Å². The molecule has 3 heterocycles. The molecular formula is C12H8N2O4S2. The van der Waals surface area contributed by atoms with Crippen LogP contribution in [0, 0.1) is 0 Å². The summed E-state index contributed by atoms with van der Waals surface area (Å²) in [7, 11) is 0. The van der Waals surface area contributed by atoms with E-state index in [1.165, 1.54) is 29.2 Å². The predicted molar refractivity (Wildman–Crippen MR) is 72.8 cm³/mol. The maximum absolute atomic E-state index is 10.7. The van der Waals surface area contributed by atoms with Crippen LogP contribution in [0.4, 0.5) is 0 Å². The molecule has 3 aromatic rings. The van der Waals surface area contributed by atoms with Crippen LogP contribution < -0.4 is 0 Å². The fourth-order valence-electron chi connectivity index (χ4n) is 1.46. The Bertz CT molecular complexity index is 717. The molecule has 8 heteroatoms. The Hall–Kier alpha value is -2.06. The summed E-state index contributed by atoms with van der Waals surface area (Å²) in [5.41, 5.74) is 0. The SMILES string of the molecule is O=C(O)c1ccc(SCc2noc(-c3cccs3)n2)o1. The molecule has 0 radical (unpaired) electrons. The minimum atomic E-state index is -1.09. The largest absolute Gasteiger partial charge is 0.475 e. The van der Waals surface area contributed by atoms with E-state index in [1.807, 2.05) is 17.5 Å². The van der Waals surface area contributed by atoms with Gasteiger partial charge in [-0.25, -0.2) is 4.79 Å². The van der Waals surface area contributed by atoms with Crippen LogP contribution in [0.2, 0.25) is 0 Å². The Labute approximate surface area is 121 Å². The van der Waals surface area contributed by atoms with Gasteiger partial charge in [-0.2, -0.15) is 4.98 Å². The highest BCUT2D eigenvalue weighted by Crippen LogP contribution is 2.26. The van der Waals surface area contributed by atoms with Crippen LogP contribution in [0.25, 0.3) is 10.8 Å². The summed E-state index contributed by atoms with van der Waals surface area (Å²) in [6.45, 7) is 0. The molecule has 3 rings (SSSR count). The van der Waals surface area contributed by atoms with Crippen molar-refractivity contribution < 1.29 is 18.8 Å². The molecule has 0 aliphatic heterocycles. The molecule has 102 valence electrons. The first-order valence-corrected chi connectivity index (χ1v) is 7.41. The minimum absolute atomic E-state index is 0.0834. The molecule has 0 aromatic carbocycles. The number of nitrogens with zero attached hydrogens (tertiary/aromatic N) is 2. The minimum Gasteiger partial charge on any atom is -0.475 e. The van der Waals surface area contributed by atoms with Crippen LogP contribution in [0.15, 0.2) is 43.7 Å². The first-order valence-electron chi connectivity index (χ1n) is 5.55. The molecule has 0 saturated heterocycles. The van der Waals surface area contributed by atoms with Gasteiger partial charge in [-0.3, -0.25) is 0 Å². The lowest BCUT2D eigenvalue weighted by atomic mass is 10.5. The highest BCUT2D eigenvalue weighted by molar-refractivity contribution is 7.98. The lowest BCUT2D eigenvalue weighted by Gasteiger charge is -1.91. The molecule has 0 amide bonds. The number of aromatic carboxylic acids is 1. The molecule has 0 unspecified atom stereocenters. The van der Waals surface area contributed by atoms with Gasteiger partial charge < -0.3 is 14.0 Å². The first kappa shape index (κ1) is 12.9. The Kier molecular flexibility index (Phi) is 3.57. The van der Waals surface area contributed by atoms with Gasteiger partial charge in [0.2, 0.25) is 5.76 Å². The van der Waals surface area contributed by atoms with Crippen LogP contribution >= 0.6 is 23.1 Å². The van der Waals surface area contributed by atoms with Gasteiger partial charge in [-0.05, 0) is 23.6 Å². The Morgan fingerprint density at radius 1 is 1.40 bits per heavy atom. The fourth-order valence-corrected chi connectivity index (χ4v) is 2.81. The van der Waals surface area contributed by atoms with Crippen LogP contribution in [-0.4, -0.2) is 21.2 Å². The third-order valence-electron chi connectivity index (χ3n) is 2.34. The summed E-state index contributed by atoms with van der Waals surface area (Å²) in [6.07, 6.45) is 0. The van der Waals surface area contributed by atoms with Crippen molar-refractivity contribution in [2.75, 3.05) is 0 Å². The monoisotopic (exact) mass is 308 g/mol. The van der Waals surface area contributed by atoms with E-state index in [1.54, 1.807) is 6.07 Å². The molecule has 0 atom stereocenters. The van der Waals surface area contributed by atoms with E-state index >= 15 is 0 Å². The zero-order valence-electron chi connectivity index (χ0n) is 9.98. The highest BCUT2D eigenvalue weighted by atomic mass is 32.2. The van der Waals surface area contributed by atoms with Crippen molar-refractivity contribution in [2.45, 2.75) is 10.8 Å². The molecular weight excluding hydrogens is 300 g/mol. The van der Waals surface area contributed by atoms with Crippen molar-refractivity contribution >= 4 is 29.1 Å².